The Hall–Kier alpha value is -2.26. The van der Waals surface area contributed by atoms with Crippen molar-refractivity contribution in [2.24, 2.45) is 0 Å². The van der Waals surface area contributed by atoms with Crippen molar-refractivity contribution >= 4 is 10.9 Å². The Labute approximate surface area is 118 Å². The summed E-state index contributed by atoms with van der Waals surface area (Å²) in [5.74, 6) is 0. The molecule has 0 aliphatic carbocycles. The zero-order chi connectivity index (χ0) is 13.9. The zero-order valence-electron chi connectivity index (χ0n) is 11.7. The molecule has 0 spiro atoms. The Morgan fingerprint density at radius 1 is 1.05 bits per heavy atom. The SMILES string of the molecule is CNC(C)c1cncc(-c2ccc3ncccc3c2)c1. The van der Waals surface area contributed by atoms with E-state index in [1.165, 1.54) is 11.1 Å². The van der Waals surface area contributed by atoms with Gasteiger partial charge in [0.1, 0.15) is 0 Å². The fourth-order valence-corrected chi connectivity index (χ4v) is 2.27. The highest BCUT2D eigenvalue weighted by atomic mass is 14.9. The minimum atomic E-state index is 0.296. The number of nitrogens with zero attached hydrogens (tertiary/aromatic N) is 2. The summed E-state index contributed by atoms with van der Waals surface area (Å²) in [7, 11) is 1.96. The largest absolute Gasteiger partial charge is 0.313 e. The fourth-order valence-electron chi connectivity index (χ4n) is 2.27. The third kappa shape index (κ3) is 2.40. The van der Waals surface area contributed by atoms with Crippen molar-refractivity contribution in [1.29, 1.82) is 0 Å². The predicted octanol–water partition coefficient (Wildman–Crippen LogP) is 3.58. The highest BCUT2D eigenvalue weighted by Gasteiger charge is 2.06. The van der Waals surface area contributed by atoms with Crippen molar-refractivity contribution in [3.8, 4) is 11.1 Å². The minimum Gasteiger partial charge on any atom is -0.313 e. The van der Waals surface area contributed by atoms with Gasteiger partial charge in [0.25, 0.3) is 0 Å². The van der Waals surface area contributed by atoms with E-state index in [0.29, 0.717) is 6.04 Å². The van der Waals surface area contributed by atoms with Crippen LogP contribution < -0.4 is 5.32 Å². The average Bonchev–Trinajstić information content (AvgIpc) is 2.53. The first-order valence-corrected chi connectivity index (χ1v) is 6.75. The molecule has 1 aromatic carbocycles. The second kappa shape index (κ2) is 5.39. The maximum absolute atomic E-state index is 4.35. The van der Waals surface area contributed by atoms with Crippen LogP contribution in [0.3, 0.4) is 0 Å². The number of fused-ring (bicyclic) bond motifs is 1. The molecule has 0 aliphatic heterocycles. The minimum absolute atomic E-state index is 0.296. The molecule has 20 heavy (non-hydrogen) atoms. The first kappa shape index (κ1) is 12.8. The molecule has 3 nitrogen and oxygen atoms in total. The van der Waals surface area contributed by atoms with Gasteiger partial charge in [0.15, 0.2) is 0 Å². The van der Waals surface area contributed by atoms with Crippen molar-refractivity contribution in [3.63, 3.8) is 0 Å². The van der Waals surface area contributed by atoms with Crippen LogP contribution in [0.5, 0.6) is 0 Å². The molecule has 3 rings (SSSR count). The van der Waals surface area contributed by atoms with E-state index in [9.17, 15) is 0 Å². The van der Waals surface area contributed by atoms with E-state index in [2.05, 4.69) is 52.5 Å². The Bertz CT molecular complexity index is 737. The molecule has 3 heteroatoms. The molecule has 0 aliphatic rings. The van der Waals surface area contributed by atoms with E-state index >= 15 is 0 Å². The van der Waals surface area contributed by atoms with E-state index in [1.54, 1.807) is 0 Å². The second-order valence-electron chi connectivity index (χ2n) is 4.93. The van der Waals surface area contributed by atoms with Crippen molar-refractivity contribution < 1.29 is 0 Å². The van der Waals surface area contributed by atoms with Crippen molar-refractivity contribution in [1.82, 2.24) is 15.3 Å². The van der Waals surface area contributed by atoms with Gasteiger partial charge in [-0.15, -0.1) is 0 Å². The monoisotopic (exact) mass is 263 g/mol. The molecule has 0 saturated heterocycles. The van der Waals surface area contributed by atoms with Crippen LogP contribution in [0.4, 0.5) is 0 Å². The molecule has 3 aromatic rings. The maximum Gasteiger partial charge on any atom is 0.0702 e. The zero-order valence-corrected chi connectivity index (χ0v) is 11.7. The van der Waals surface area contributed by atoms with Crippen molar-refractivity contribution in [2.45, 2.75) is 13.0 Å². The van der Waals surface area contributed by atoms with Gasteiger partial charge in [-0.3, -0.25) is 9.97 Å². The van der Waals surface area contributed by atoms with Gasteiger partial charge in [-0.1, -0.05) is 12.1 Å². The number of nitrogens with one attached hydrogen (secondary N) is 1. The number of rotatable bonds is 3. The highest BCUT2D eigenvalue weighted by Crippen LogP contribution is 2.25. The Balaban J connectivity index is 2.06. The van der Waals surface area contributed by atoms with E-state index in [1.807, 2.05) is 31.7 Å². The van der Waals surface area contributed by atoms with Gasteiger partial charge < -0.3 is 5.32 Å². The van der Waals surface area contributed by atoms with Gasteiger partial charge in [-0.25, -0.2) is 0 Å². The summed E-state index contributed by atoms with van der Waals surface area (Å²) in [6, 6.07) is 12.8. The van der Waals surface area contributed by atoms with Crippen LogP contribution in [0.15, 0.2) is 55.0 Å². The van der Waals surface area contributed by atoms with Gasteiger partial charge in [0.05, 0.1) is 5.52 Å². The lowest BCUT2D eigenvalue weighted by Crippen LogP contribution is -2.12. The van der Waals surface area contributed by atoms with Crippen LogP contribution in [-0.2, 0) is 0 Å². The summed E-state index contributed by atoms with van der Waals surface area (Å²) < 4.78 is 0. The lowest BCUT2D eigenvalue weighted by Gasteiger charge is -2.11. The van der Waals surface area contributed by atoms with Crippen molar-refractivity contribution in [2.75, 3.05) is 7.05 Å². The number of hydrogen-bond donors (Lipinski definition) is 1. The molecule has 2 aromatic heterocycles. The molecular formula is C17H17N3. The first-order chi connectivity index (χ1) is 9.78. The predicted molar refractivity (Wildman–Crippen MR) is 82.4 cm³/mol. The second-order valence-corrected chi connectivity index (χ2v) is 4.93. The summed E-state index contributed by atoms with van der Waals surface area (Å²) in [4.78, 5) is 8.70. The smallest absolute Gasteiger partial charge is 0.0702 e. The lowest BCUT2D eigenvalue weighted by molar-refractivity contribution is 0.650. The summed E-state index contributed by atoms with van der Waals surface area (Å²) >= 11 is 0. The highest BCUT2D eigenvalue weighted by molar-refractivity contribution is 5.84. The molecule has 0 saturated carbocycles. The van der Waals surface area contributed by atoms with Crippen LogP contribution in [0.25, 0.3) is 22.0 Å². The number of benzene rings is 1. The van der Waals surface area contributed by atoms with Crippen LogP contribution >= 0.6 is 0 Å². The summed E-state index contributed by atoms with van der Waals surface area (Å²) in [6.07, 6.45) is 5.63. The quantitative estimate of drug-likeness (QED) is 0.785. The molecule has 0 radical (unpaired) electrons. The molecule has 0 amide bonds. The third-order valence-corrected chi connectivity index (χ3v) is 3.63. The molecule has 1 unspecified atom stereocenters. The molecule has 100 valence electrons. The molecule has 2 heterocycles. The molecule has 1 atom stereocenters. The lowest BCUT2D eigenvalue weighted by atomic mass is 10.0. The first-order valence-electron chi connectivity index (χ1n) is 6.75. The molecule has 1 N–H and O–H groups in total. The van der Waals surface area contributed by atoms with Crippen molar-refractivity contribution in [3.05, 3.63) is 60.6 Å². The normalized spacial score (nSPS) is 12.5. The van der Waals surface area contributed by atoms with E-state index < -0.39 is 0 Å². The Morgan fingerprint density at radius 2 is 1.95 bits per heavy atom. The van der Waals surface area contributed by atoms with E-state index in [-0.39, 0.29) is 0 Å². The summed E-state index contributed by atoms with van der Waals surface area (Å²) in [5.41, 5.74) is 4.51. The summed E-state index contributed by atoms with van der Waals surface area (Å²) in [5, 5.41) is 4.39. The van der Waals surface area contributed by atoms with Gasteiger partial charge >= 0.3 is 0 Å². The molecule has 0 fully saturated rings. The van der Waals surface area contributed by atoms with Crippen LogP contribution in [0.2, 0.25) is 0 Å². The standard InChI is InChI=1S/C17H17N3/c1-12(18-2)15-9-16(11-19-10-15)13-5-6-17-14(8-13)4-3-7-20-17/h3-12,18H,1-2H3. The molecule has 0 bridgehead atoms. The van der Waals surface area contributed by atoms with E-state index in [4.69, 9.17) is 0 Å². The Kier molecular flexibility index (Phi) is 3.44. The van der Waals surface area contributed by atoms with Crippen LogP contribution in [-0.4, -0.2) is 17.0 Å². The average molecular weight is 263 g/mol. The number of hydrogen-bond acceptors (Lipinski definition) is 3. The van der Waals surface area contributed by atoms with Gasteiger partial charge in [0, 0.05) is 35.6 Å². The fraction of sp³-hybridized carbons (Fsp3) is 0.176. The van der Waals surface area contributed by atoms with Crippen LogP contribution in [0, 0.1) is 0 Å². The number of pyridine rings is 2. The third-order valence-electron chi connectivity index (χ3n) is 3.63. The Morgan fingerprint density at radius 3 is 2.80 bits per heavy atom. The van der Waals surface area contributed by atoms with E-state index in [0.717, 1.165) is 16.5 Å². The van der Waals surface area contributed by atoms with Crippen LogP contribution in [0.1, 0.15) is 18.5 Å². The topological polar surface area (TPSA) is 37.8 Å². The summed E-state index contributed by atoms with van der Waals surface area (Å²) in [6.45, 7) is 2.13. The molecular weight excluding hydrogens is 246 g/mol. The van der Waals surface area contributed by atoms with Gasteiger partial charge in [0.2, 0.25) is 0 Å². The van der Waals surface area contributed by atoms with Gasteiger partial charge in [-0.05, 0) is 49.4 Å². The van der Waals surface area contributed by atoms with Gasteiger partial charge in [-0.2, -0.15) is 0 Å². The number of aromatic nitrogens is 2. The maximum atomic E-state index is 4.35.